The largest absolute Gasteiger partial charge is 0.338 e. The molecule has 0 saturated carbocycles. The lowest BCUT2D eigenvalue weighted by Gasteiger charge is -2.00. The van der Waals surface area contributed by atoms with Crippen molar-refractivity contribution < 1.29 is 4.79 Å². The predicted molar refractivity (Wildman–Crippen MR) is 65.3 cm³/mol. The summed E-state index contributed by atoms with van der Waals surface area (Å²) in [7, 11) is 1.96. The van der Waals surface area contributed by atoms with Gasteiger partial charge in [0, 0.05) is 38.0 Å². The predicted octanol–water partition coefficient (Wildman–Crippen LogP) is 1.82. The van der Waals surface area contributed by atoms with Crippen LogP contribution in [0.3, 0.4) is 0 Å². The van der Waals surface area contributed by atoms with Crippen LogP contribution in [0.15, 0.2) is 12.4 Å². The van der Waals surface area contributed by atoms with Crippen molar-refractivity contribution in [3.05, 3.63) is 18.2 Å². The summed E-state index contributed by atoms with van der Waals surface area (Å²) in [6.07, 6.45) is 6.02. The highest BCUT2D eigenvalue weighted by atomic mass is 79.9. The van der Waals surface area contributed by atoms with E-state index in [-0.39, 0.29) is 22.8 Å². The summed E-state index contributed by atoms with van der Waals surface area (Å²) in [5.74, 6) is 1.59. The van der Waals surface area contributed by atoms with E-state index in [0.717, 1.165) is 18.7 Å². The Kier molecular flexibility index (Phi) is 6.92. The van der Waals surface area contributed by atoms with E-state index in [1.54, 1.807) is 6.20 Å². The van der Waals surface area contributed by atoms with Crippen molar-refractivity contribution in [2.75, 3.05) is 5.75 Å². The minimum absolute atomic E-state index is 0. The highest BCUT2D eigenvalue weighted by Crippen LogP contribution is 2.02. The third kappa shape index (κ3) is 4.28. The molecule has 0 saturated heterocycles. The van der Waals surface area contributed by atoms with Crippen molar-refractivity contribution in [2.45, 2.75) is 19.3 Å². The third-order valence-corrected chi connectivity index (χ3v) is 2.31. The molecule has 1 heterocycles. The van der Waals surface area contributed by atoms with Gasteiger partial charge in [0.2, 0.25) is 0 Å². The summed E-state index contributed by atoms with van der Waals surface area (Å²) in [6.45, 7) is 0. The summed E-state index contributed by atoms with van der Waals surface area (Å²) in [5, 5.41) is 0. The van der Waals surface area contributed by atoms with E-state index in [2.05, 4.69) is 17.6 Å². The Morgan fingerprint density at radius 2 is 2.36 bits per heavy atom. The van der Waals surface area contributed by atoms with Crippen molar-refractivity contribution >= 4 is 35.4 Å². The van der Waals surface area contributed by atoms with Crippen LogP contribution in [-0.2, 0) is 18.3 Å². The van der Waals surface area contributed by atoms with Gasteiger partial charge in [0.15, 0.2) is 0 Å². The van der Waals surface area contributed by atoms with Gasteiger partial charge in [-0.3, -0.25) is 4.79 Å². The molecule has 0 spiro atoms. The quantitative estimate of drug-likeness (QED) is 0.834. The molecule has 0 aliphatic carbocycles. The lowest BCUT2D eigenvalue weighted by molar-refractivity contribution is -0.116. The number of hydrogen-bond acceptors (Lipinski definition) is 3. The van der Waals surface area contributed by atoms with Crippen LogP contribution in [0.25, 0.3) is 0 Å². The number of rotatable bonds is 5. The Labute approximate surface area is 100 Å². The van der Waals surface area contributed by atoms with Crippen LogP contribution < -0.4 is 0 Å². The first-order valence-electron chi connectivity index (χ1n) is 4.33. The fourth-order valence-electron chi connectivity index (χ4n) is 1.16. The SMILES string of the molecule is Br.Cn1ccnc1CCCC(=O)CS. The number of thiol groups is 1. The molecule has 0 aliphatic rings. The normalized spacial score (nSPS) is 9.57. The molecule has 1 aromatic rings. The van der Waals surface area contributed by atoms with Gasteiger partial charge in [-0.1, -0.05) is 0 Å². The monoisotopic (exact) mass is 278 g/mol. The first-order valence-corrected chi connectivity index (χ1v) is 4.96. The Bertz CT molecular complexity index is 288. The van der Waals surface area contributed by atoms with Crippen LogP contribution in [0.1, 0.15) is 18.7 Å². The molecule has 0 radical (unpaired) electrons. The van der Waals surface area contributed by atoms with Crippen molar-refractivity contribution in [1.29, 1.82) is 0 Å². The fraction of sp³-hybridized carbons (Fsp3) is 0.556. The summed E-state index contributed by atoms with van der Waals surface area (Å²) in [6, 6.07) is 0. The van der Waals surface area contributed by atoms with E-state index in [4.69, 9.17) is 0 Å². The molecule has 1 aromatic heterocycles. The zero-order valence-corrected chi connectivity index (χ0v) is 10.7. The maximum absolute atomic E-state index is 10.9. The van der Waals surface area contributed by atoms with Gasteiger partial charge in [-0.25, -0.2) is 4.98 Å². The van der Waals surface area contributed by atoms with Crippen molar-refractivity contribution in [2.24, 2.45) is 7.05 Å². The van der Waals surface area contributed by atoms with Gasteiger partial charge in [0.25, 0.3) is 0 Å². The standard InChI is InChI=1S/C9H14N2OS.BrH/c1-11-6-5-10-9(11)4-2-3-8(12)7-13;/h5-6,13H,2-4,7H2,1H3;1H. The third-order valence-electron chi connectivity index (χ3n) is 1.95. The molecular weight excluding hydrogens is 264 g/mol. The van der Waals surface area contributed by atoms with E-state index in [1.165, 1.54) is 0 Å². The number of nitrogens with zero attached hydrogens (tertiary/aromatic N) is 2. The van der Waals surface area contributed by atoms with Crippen LogP contribution in [0.2, 0.25) is 0 Å². The molecule has 0 N–H and O–H groups in total. The number of ketones is 1. The first kappa shape index (κ1) is 13.7. The summed E-state index contributed by atoms with van der Waals surface area (Å²) in [5.41, 5.74) is 0. The molecule has 80 valence electrons. The minimum atomic E-state index is 0. The Morgan fingerprint density at radius 3 is 2.86 bits per heavy atom. The van der Waals surface area contributed by atoms with E-state index in [0.29, 0.717) is 12.2 Å². The molecule has 0 amide bonds. The number of imidazole rings is 1. The Morgan fingerprint density at radius 1 is 1.64 bits per heavy atom. The van der Waals surface area contributed by atoms with Crippen molar-refractivity contribution in [3.8, 4) is 0 Å². The van der Waals surface area contributed by atoms with Crippen LogP contribution in [0.5, 0.6) is 0 Å². The fourth-order valence-corrected chi connectivity index (χ4v) is 1.32. The zero-order chi connectivity index (χ0) is 9.68. The molecule has 0 bridgehead atoms. The molecule has 14 heavy (non-hydrogen) atoms. The minimum Gasteiger partial charge on any atom is -0.338 e. The van der Waals surface area contributed by atoms with Crippen LogP contribution >= 0.6 is 29.6 Å². The van der Waals surface area contributed by atoms with Crippen molar-refractivity contribution in [3.63, 3.8) is 0 Å². The summed E-state index contributed by atoms with van der Waals surface area (Å²) in [4.78, 5) is 15.1. The maximum Gasteiger partial charge on any atom is 0.142 e. The Hall–Kier alpha value is -0.290. The molecule has 0 aliphatic heterocycles. The number of carbonyl (C=O) groups is 1. The van der Waals surface area contributed by atoms with Gasteiger partial charge in [-0.05, 0) is 6.42 Å². The average molecular weight is 279 g/mol. The van der Waals surface area contributed by atoms with Gasteiger partial charge in [0.05, 0.1) is 0 Å². The van der Waals surface area contributed by atoms with Gasteiger partial charge >= 0.3 is 0 Å². The number of halogens is 1. The number of aryl methyl sites for hydroxylation is 2. The molecule has 3 nitrogen and oxygen atoms in total. The number of aromatic nitrogens is 2. The van der Waals surface area contributed by atoms with E-state index in [1.807, 2.05) is 17.8 Å². The van der Waals surface area contributed by atoms with E-state index in [9.17, 15) is 4.79 Å². The second kappa shape index (κ2) is 7.06. The highest BCUT2D eigenvalue weighted by Gasteiger charge is 2.01. The van der Waals surface area contributed by atoms with Crippen LogP contribution in [-0.4, -0.2) is 21.1 Å². The topological polar surface area (TPSA) is 34.9 Å². The molecule has 1 rings (SSSR count). The van der Waals surface area contributed by atoms with Crippen molar-refractivity contribution in [1.82, 2.24) is 9.55 Å². The molecular formula is C9H15BrN2OS. The number of Topliss-reactive ketones (excluding diaryl/α,β-unsaturated/α-hetero) is 1. The van der Waals surface area contributed by atoms with Gasteiger partial charge in [0.1, 0.15) is 11.6 Å². The van der Waals surface area contributed by atoms with Crippen LogP contribution in [0, 0.1) is 0 Å². The molecule has 5 heteroatoms. The van der Waals surface area contributed by atoms with Gasteiger partial charge in [-0.2, -0.15) is 12.6 Å². The average Bonchev–Trinajstić information content (AvgIpc) is 2.52. The zero-order valence-electron chi connectivity index (χ0n) is 8.14. The summed E-state index contributed by atoms with van der Waals surface area (Å²) < 4.78 is 1.98. The molecule has 0 aromatic carbocycles. The molecule has 0 fully saturated rings. The van der Waals surface area contributed by atoms with Gasteiger partial charge < -0.3 is 4.57 Å². The molecule has 0 atom stereocenters. The second-order valence-corrected chi connectivity index (χ2v) is 3.32. The van der Waals surface area contributed by atoms with Gasteiger partial charge in [-0.15, -0.1) is 17.0 Å². The number of hydrogen-bond donors (Lipinski definition) is 1. The van der Waals surface area contributed by atoms with E-state index < -0.39 is 0 Å². The lowest BCUT2D eigenvalue weighted by atomic mass is 10.2. The number of carbonyl (C=O) groups excluding carboxylic acids is 1. The first-order chi connectivity index (χ1) is 6.24. The van der Waals surface area contributed by atoms with Crippen LogP contribution in [0.4, 0.5) is 0 Å². The Balaban J connectivity index is 0.00000169. The van der Waals surface area contributed by atoms with E-state index >= 15 is 0 Å². The lowest BCUT2D eigenvalue weighted by Crippen LogP contribution is -2.02. The summed E-state index contributed by atoms with van der Waals surface area (Å²) >= 11 is 3.91. The molecule has 0 unspecified atom stereocenters. The highest BCUT2D eigenvalue weighted by molar-refractivity contribution is 8.93. The second-order valence-electron chi connectivity index (χ2n) is 3.00. The maximum atomic E-state index is 10.9. The smallest absolute Gasteiger partial charge is 0.142 e.